The summed E-state index contributed by atoms with van der Waals surface area (Å²) in [6.07, 6.45) is 2.48. The van der Waals surface area contributed by atoms with Crippen molar-refractivity contribution in [3.63, 3.8) is 0 Å². The normalized spacial score (nSPS) is 13.7. The fraction of sp³-hybridized carbons (Fsp3) is 0.600. The number of rotatable bonds is 5. The topological polar surface area (TPSA) is 12.0 Å². The number of likely N-dealkylation sites (N-methyl/N-ethyl adjacent to an activating group) is 1. The summed E-state index contributed by atoms with van der Waals surface area (Å²) in [6, 6.07) is 8.57. The second kappa shape index (κ2) is 6.55. The van der Waals surface area contributed by atoms with Crippen LogP contribution in [-0.2, 0) is 0 Å². The molecule has 0 fully saturated rings. The monoisotopic (exact) mass is 297 g/mol. The Balaban J connectivity index is 2.75. The highest BCUT2D eigenvalue weighted by Crippen LogP contribution is 2.32. The first-order chi connectivity index (χ1) is 7.94. The van der Waals surface area contributed by atoms with Crippen LogP contribution in [0.25, 0.3) is 0 Å². The van der Waals surface area contributed by atoms with Crippen LogP contribution in [-0.4, -0.2) is 13.6 Å². The lowest BCUT2D eigenvalue weighted by atomic mass is 9.84. The second-order valence-corrected chi connectivity index (χ2v) is 6.73. The van der Waals surface area contributed by atoms with Gasteiger partial charge in [0.25, 0.3) is 0 Å². The molecule has 1 aromatic rings. The van der Waals surface area contributed by atoms with Crippen LogP contribution in [0.3, 0.4) is 0 Å². The molecule has 0 heterocycles. The molecule has 0 radical (unpaired) electrons. The van der Waals surface area contributed by atoms with Crippen molar-refractivity contribution >= 4 is 15.9 Å². The zero-order chi connectivity index (χ0) is 12.9. The van der Waals surface area contributed by atoms with Crippen molar-refractivity contribution in [2.75, 3.05) is 13.6 Å². The summed E-state index contributed by atoms with van der Waals surface area (Å²) in [5.41, 5.74) is 1.83. The fourth-order valence-corrected chi connectivity index (χ4v) is 2.64. The smallest absolute Gasteiger partial charge is 0.0210 e. The van der Waals surface area contributed by atoms with E-state index in [4.69, 9.17) is 0 Å². The van der Waals surface area contributed by atoms with Crippen molar-refractivity contribution in [2.24, 2.45) is 5.41 Å². The molecule has 0 saturated heterocycles. The third kappa shape index (κ3) is 5.22. The molecule has 1 aromatic carbocycles. The van der Waals surface area contributed by atoms with E-state index in [1.807, 2.05) is 7.05 Å². The molecule has 0 aliphatic rings. The first-order valence-electron chi connectivity index (χ1n) is 6.33. The largest absolute Gasteiger partial charge is 0.319 e. The molecule has 17 heavy (non-hydrogen) atoms. The van der Waals surface area contributed by atoms with Crippen LogP contribution in [0.2, 0.25) is 0 Å². The lowest BCUT2D eigenvalue weighted by molar-refractivity contribution is 0.346. The van der Waals surface area contributed by atoms with E-state index in [2.05, 4.69) is 66.3 Å². The number of benzene rings is 1. The van der Waals surface area contributed by atoms with Gasteiger partial charge in [-0.1, -0.05) is 54.9 Å². The number of hydrogen-bond acceptors (Lipinski definition) is 1. The average molecular weight is 298 g/mol. The van der Waals surface area contributed by atoms with Crippen molar-refractivity contribution in [3.8, 4) is 0 Å². The highest BCUT2D eigenvalue weighted by Gasteiger charge is 2.17. The zero-order valence-electron chi connectivity index (χ0n) is 11.4. The minimum absolute atomic E-state index is 0.410. The van der Waals surface area contributed by atoms with Gasteiger partial charge in [-0.25, -0.2) is 0 Å². The highest BCUT2D eigenvalue weighted by molar-refractivity contribution is 9.10. The zero-order valence-corrected chi connectivity index (χ0v) is 13.0. The molecule has 0 saturated carbocycles. The molecule has 1 unspecified atom stereocenters. The minimum Gasteiger partial charge on any atom is -0.319 e. The first-order valence-corrected chi connectivity index (χ1v) is 7.12. The molecule has 1 atom stereocenters. The van der Waals surface area contributed by atoms with Gasteiger partial charge in [-0.3, -0.25) is 0 Å². The van der Waals surface area contributed by atoms with Crippen LogP contribution in [0.4, 0.5) is 0 Å². The quantitative estimate of drug-likeness (QED) is 0.839. The molecule has 96 valence electrons. The number of halogens is 1. The molecule has 0 aliphatic carbocycles. The summed E-state index contributed by atoms with van der Waals surface area (Å²) in [6.45, 7) is 7.97. The van der Waals surface area contributed by atoms with Crippen LogP contribution in [0.15, 0.2) is 28.7 Å². The predicted octanol–water partition coefficient (Wildman–Crippen LogP) is 4.58. The molecular formula is C15H24BrN. The minimum atomic E-state index is 0.410. The molecule has 1 nitrogen and oxygen atoms in total. The summed E-state index contributed by atoms with van der Waals surface area (Å²) in [5.74, 6) is 0.592. The fourth-order valence-electron chi connectivity index (χ4n) is 2.03. The van der Waals surface area contributed by atoms with Gasteiger partial charge in [0.05, 0.1) is 0 Å². The van der Waals surface area contributed by atoms with E-state index in [0.29, 0.717) is 11.3 Å². The van der Waals surface area contributed by atoms with E-state index < -0.39 is 0 Å². The van der Waals surface area contributed by atoms with Gasteiger partial charge in [0.1, 0.15) is 0 Å². The van der Waals surface area contributed by atoms with E-state index in [-0.39, 0.29) is 0 Å². The maximum Gasteiger partial charge on any atom is 0.0210 e. The molecule has 1 rings (SSSR count). The Kier molecular flexibility index (Phi) is 5.68. The van der Waals surface area contributed by atoms with Gasteiger partial charge in [-0.15, -0.1) is 0 Å². The van der Waals surface area contributed by atoms with Crippen LogP contribution in [0.5, 0.6) is 0 Å². The number of hydrogen-bond donors (Lipinski definition) is 1. The third-order valence-electron chi connectivity index (χ3n) is 3.04. The van der Waals surface area contributed by atoms with E-state index in [0.717, 1.165) is 6.54 Å². The van der Waals surface area contributed by atoms with Gasteiger partial charge in [0.15, 0.2) is 0 Å². The molecule has 1 N–H and O–H groups in total. The van der Waals surface area contributed by atoms with Gasteiger partial charge in [0, 0.05) is 11.0 Å². The molecule has 2 heteroatoms. The molecular weight excluding hydrogens is 274 g/mol. The summed E-state index contributed by atoms with van der Waals surface area (Å²) in [4.78, 5) is 0. The van der Waals surface area contributed by atoms with E-state index in [9.17, 15) is 0 Å². The lowest BCUT2D eigenvalue weighted by Crippen LogP contribution is -2.19. The average Bonchev–Trinajstić information content (AvgIpc) is 2.24. The Morgan fingerprint density at radius 2 is 1.88 bits per heavy atom. The summed E-state index contributed by atoms with van der Waals surface area (Å²) in [5, 5.41) is 3.31. The van der Waals surface area contributed by atoms with E-state index in [1.165, 1.54) is 22.9 Å². The third-order valence-corrected chi connectivity index (χ3v) is 3.76. The Hall–Kier alpha value is -0.340. The first kappa shape index (κ1) is 14.7. The predicted molar refractivity (Wildman–Crippen MR) is 79.5 cm³/mol. The Bertz CT molecular complexity index is 341. The molecule has 0 aromatic heterocycles. The SMILES string of the molecule is CNCC(CCC(C)(C)C)c1ccccc1Br. The van der Waals surface area contributed by atoms with Crippen molar-refractivity contribution in [3.05, 3.63) is 34.3 Å². The van der Waals surface area contributed by atoms with E-state index in [1.54, 1.807) is 0 Å². The standard InChI is InChI=1S/C15H24BrN/c1-15(2,3)10-9-12(11-17-4)13-7-5-6-8-14(13)16/h5-8,12,17H,9-11H2,1-4H3. The molecule has 0 bridgehead atoms. The maximum absolute atomic E-state index is 3.66. The Labute approximate surface area is 114 Å². The van der Waals surface area contributed by atoms with Crippen molar-refractivity contribution in [2.45, 2.75) is 39.5 Å². The summed E-state index contributed by atoms with van der Waals surface area (Å²) in [7, 11) is 2.03. The van der Waals surface area contributed by atoms with Gasteiger partial charge >= 0.3 is 0 Å². The van der Waals surface area contributed by atoms with Gasteiger partial charge in [-0.05, 0) is 42.9 Å². The second-order valence-electron chi connectivity index (χ2n) is 5.88. The van der Waals surface area contributed by atoms with Crippen LogP contribution in [0.1, 0.15) is 45.1 Å². The highest BCUT2D eigenvalue weighted by atomic mass is 79.9. The van der Waals surface area contributed by atoms with Crippen LogP contribution < -0.4 is 5.32 Å². The molecule has 0 spiro atoms. The molecule has 0 amide bonds. The van der Waals surface area contributed by atoms with Crippen molar-refractivity contribution < 1.29 is 0 Å². The van der Waals surface area contributed by atoms with Crippen molar-refractivity contribution in [1.82, 2.24) is 5.32 Å². The summed E-state index contributed by atoms with van der Waals surface area (Å²) < 4.78 is 1.23. The Morgan fingerprint density at radius 3 is 2.41 bits per heavy atom. The van der Waals surface area contributed by atoms with Gasteiger partial charge < -0.3 is 5.32 Å². The summed E-state index contributed by atoms with van der Waals surface area (Å²) >= 11 is 3.66. The van der Waals surface area contributed by atoms with Gasteiger partial charge in [0.2, 0.25) is 0 Å². The number of nitrogens with one attached hydrogen (secondary N) is 1. The van der Waals surface area contributed by atoms with Gasteiger partial charge in [-0.2, -0.15) is 0 Å². The maximum atomic E-state index is 3.66. The molecule has 0 aliphatic heterocycles. The van der Waals surface area contributed by atoms with Crippen molar-refractivity contribution in [1.29, 1.82) is 0 Å². The van der Waals surface area contributed by atoms with E-state index >= 15 is 0 Å². The van der Waals surface area contributed by atoms with Crippen LogP contribution in [0, 0.1) is 5.41 Å². The van der Waals surface area contributed by atoms with Crippen LogP contribution >= 0.6 is 15.9 Å². The lowest BCUT2D eigenvalue weighted by Gasteiger charge is -2.24. The Morgan fingerprint density at radius 1 is 1.24 bits per heavy atom.